The van der Waals surface area contributed by atoms with Gasteiger partial charge in [0.15, 0.2) is 11.5 Å². The maximum atomic E-state index is 10.8. The van der Waals surface area contributed by atoms with Crippen LogP contribution >= 0.6 is 28.4 Å². The first kappa shape index (κ1) is 19.8. The van der Waals surface area contributed by atoms with Gasteiger partial charge in [-0.2, -0.15) is 9.97 Å². The van der Waals surface area contributed by atoms with Crippen molar-refractivity contribution in [2.45, 2.75) is 31.6 Å². The van der Waals surface area contributed by atoms with Gasteiger partial charge in [-0.3, -0.25) is 0 Å². The fraction of sp³-hybridized carbons (Fsp3) is 0.667. The van der Waals surface area contributed by atoms with E-state index >= 15 is 0 Å². The zero-order valence-corrected chi connectivity index (χ0v) is 18.1. The molecule has 2 aliphatic carbocycles. The Kier molecular flexibility index (Phi) is 4.99. The topological polar surface area (TPSA) is 119 Å². The molecule has 2 aliphatic rings. The van der Waals surface area contributed by atoms with Gasteiger partial charge in [0.05, 0.1) is 18.5 Å². The molecule has 8 nitrogen and oxygen atoms in total. The third kappa shape index (κ3) is 3.19. The Balaban J connectivity index is 1.63. The van der Waals surface area contributed by atoms with Crippen LogP contribution in [-0.2, 0) is 16.3 Å². The fourth-order valence-corrected chi connectivity index (χ4v) is 8.61. The van der Waals surface area contributed by atoms with Gasteiger partial charge in [0.1, 0.15) is 17.1 Å². The maximum Gasteiger partial charge on any atom is 0.226 e. The molecule has 2 fully saturated rings. The molecule has 0 aliphatic heterocycles. The van der Waals surface area contributed by atoms with Gasteiger partial charge in [-0.15, -0.1) is 0 Å². The molecule has 27 heavy (non-hydrogen) atoms. The highest BCUT2D eigenvalue weighted by molar-refractivity contribution is 8.69. The van der Waals surface area contributed by atoms with E-state index in [1.165, 1.54) is 0 Å². The predicted molar refractivity (Wildman–Crippen MR) is 111 cm³/mol. The second-order valence-electron chi connectivity index (χ2n) is 7.13. The van der Waals surface area contributed by atoms with Crippen LogP contribution < -0.4 is 5.73 Å². The molecule has 0 aromatic carbocycles. The number of aliphatic hydroxyl groups is 2. The summed E-state index contributed by atoms with van der Waals surface area (Å²) in [6.45, 7) is 4.45. The summed E-state index contributed by atoms with van der Waals surface area (Å²) in [7, 11) is 0. The first-order valence-corrected chi connectivity index (χ1v) is 13.7. The second kappa shape index (κ2) is 6.79. The van der Waals surface area contributed by atoms with Gasteiger partial charge in [-0.05, 0) is 37.5 Å². The minimum absolute atomic E-state index is 0.0239. The zero-order chi connectivity index (χ0) is 19.6. The Labute approximate surface area is 170 Å². The highest BCUT2D eigenvalue weighted by atomic mass is 35.5. The molecule has 2 heterocycles. The number of nitrogen functional groups attached to an aromatic ring is 1. The van der Waals surface area contributed by atoms with E-state index in [0.29, 0.717) is 23.5 Å². The SMILES string of the molecule is CCOP(C)(=S)SC[C@]12C[C@@H]1[C@@H](n1cnc3c(N)nc(Cl)nc31)[C@H](O)[C@@H]2O. The molecule has 6 atom stereocenters. The van der Waals surface area contributed by atoms with Crippen LogP contribution in [0.3, 0.4) is 0 Å². The van der Waals surface area contributed by atoms with Crippen molar-refractivity contribution in [1.82, 2.24) is 19.5 Å². The zero-order valence-electron chi connectivity index (χ0n) is 14.8. The van der Waals surface area contributed by atoms with Crippen molar-refractivity contribution in [3.63, 3.8) is 0 Å². The highest BCUT2D eigenvalue weighted by Crippen LogP contribution is 2.71. The Bertz CT molecular complexity index is 946. The molecule has 148 valence electrons. The van der Waals surface area contributed by atoms with E-state index < -0.39 is 17.7 Å². The smallest absolute Gasteiger partial charge is 0.226 e. The summed E-state index contributed by atoms with van der Waals surface area (Å²) < 4.78 is 7.45. The van der Waals surface area contributed by atoms with Gasteiger partial charge in [-0.25, -0.2) is 4.98 Å². The molecule has 0 amide bonds. The van der Waals surface area contributed by atoms with Crippen LogP contribution in [0.4, 0.5) is 5.82 Å². The molecule has 0 spiro atoms. The minimum atomic E-state index is -1.96. The third-order valence-electron chi connectivity index (χ3n) is 5.53. The molecule has 4 N–H and O–H groups in total. The van der Waals surface area contributed by atoms with Crippen molar-refractivity contribution in [3.05, 3.63) is 11.6 Å². The lowest BCUT2D eigenvalue weighted by molar-refractivity contribution is -0.0126. The number of nitrogens with zero attached hydrogens (tertiary/aromatic N) is 4. The molecule has 2 saturated carbocycles. The van der Waals surface area contributed by atoms with Crippen molar-refractivity contribution < 1.29 is 14.7 Å². The molecular weight excluding hydrogens is 429 g/mol. The van der Waals surface area contributed by atoms with E-state index in [1.54, 1.807) is 22.3 Å². The number of anilines is 1. The number of nitrogens with two attached hydrogens (primary N) is 1. The van der Waals surface area contributed by atoms with Gasteiger partial charge in [-0.1, -0.05) is 23.2 Å². The summed E-state index contributed by atoms with van der Waals surface area (Å²) >= 11 is 13.1. The van der Waals surface area contributed by atoms with E-state index in [2.05, 4.69) is 15.0 Å². The van der Waals surface area contributed by atoms with Crippen LogP contribution in [0.2, 0.25) is 5.28 Å². The largest absolute Gasteiger partial charge is 0.390 e. The summed E-state index contributed by atoms with van der Waals surface area (Å²) in [6.07, 6.45) is 0.610. The Morgan fingerprint density at radius 3 is 2.96 bits per heavy atom. The Morgan fingerprint density at radius 1 is 1.52 bits per heavy atom. The third-order valence-corrected chi connectivity index (χ3v) is 10.9. The summed E-state index contributed by atoms with van der Waals surface area (Å²) in [5, 5.41) is 21.6. The number of fused-ring (bicyclic) bond motifs is 2. The number of hydrogen-bond acceptors (Lipinski definition) is 9. The highest BCUT2D eigenvalue weighted by Gasteiger charge is 2.71. The van der Waals surface area contributed by atoms with Crippen LogP contribution in [0.1, 0.15) is 19.4 Å². The number of hydrogen-bond donors (Lipinski definition) is 3. The van der Waals surface area contributed by atoms with Crippen molar-refractivity contribution >= 4 is 57.2 Å². The van der Waals surface area contributed by atoms with Crippen LogP contribution in [0.25, 0.3) is 11.2 Å². The lowest BCUT2D eigenvalue weighted by Gasteiger charge is -2.25. The van der Waals surface area contributed by atoms with E-state index in [9.17, 15) is 10.2 Å². The minimum Gasteiger partial charge on any atom is -0.390 e. The lowest BCUT2D eigenvalue weighted by Crippen LogP contribution is -2.35. The molecule has 0 bridgehead atoms. The Morgan fingerprint density at radius 2 is 2.26 bits per heavy atom. The first-order valence-electron chi connectivity index (χ1n) is 8.58. The molecule has 4 rings (SSSR count). The van der Waals surface area contributed by atoms with Gasteiger partial charge in [0.2, 0.25) is 5.28 Å². The monoisotopic (exact) mass is 449 g/mol. The summed E-state index contributed by atoms with van der Waals surface area (Å²) in [5.74, 6) is 0.946. The number of imidazole rings is 1. The van der Waals surface area contributed by atoms with E-state index in [0.717, 1.165) is 6.42 Å². The van der Waals surface area contributed by atoms with Crippen molar-refractivity contribution in [2.75, 3.05) is 24.8 Å². The first-order chi connectivity index (χ1) is 12.7. The molecular formula is C15H21ClN5O3PS2. The van der Waals surface area contributed by atoms with Crippen LogP contribution in [0, 0.1) is 11.3 Å². The number of aromatic nitrogens is 4. The summed E-state index contributed by atoms with van der Waals surface area (Å²) in [5.41, 5.74) is 4.46. The van der Waals surface area contributed by atoms with Gasteiger partial charge < -0.3 is 25.0 Å². The fourth-order valence-electron chi connectivity index (χ4n) is 4.16. The van der Waals surface area contributed by atoms with Gasteiger partial charge in [0.25, 0.3) is 0 Å². The van der Waals surface area contributed by atoms with Crippen molar-refractivity contribution in [2.24, 2.45) is 11.3 Å². The molecule has 2 aromatic heterocycles. The average Bonchev–Trinajstić information content (AvgIpc) is 3.09. The van der Waals surface area contributed by atoms with E-state index in [4.69, 9.17) is 33.7 Å². The summed E-state index contributed by atoms with van der Waals surface area (Å²) in [6, 6.07) is -0.349. The second-order valence-corrected chi connectivity index (χ2v) is 15.5. The van der Waals surface area contributed by atoms with Crippen LogP contribution in [-0.4, -0.2) is 61.0 Å². The van der Waals surface area contributed by atoms with Crippen LogP contribution in [0.15, 0.2) is 6.33 Å². The van der Waals surface area contributed by atoms with Crippen molar-refractivity contribution in [1.29, 1.82) is 0 Å². The van der Waals surface area contributed by atoms with E-state index in [1.807, 2.05) is 13.6 Å². The Hall–Kier alpha value is -0.480. The molecule has 1 unspecified atom stereocenters. The average molecular weight is 450 g/mol. The van der Waals surface area contributed by atoms with Gasteiger partial charge in [0, 0.05) is 17.8 Å². The van der Waals surface area contributed by atoms with Crippen molar-refractivity contribution in [3.8, 4) is 0 Å². The summed E-state index contributed by atoms with van der Waals surface area (Å²) in [4.78, 5) is 12.4. The normalized spacial score (nSPS) is 34.6. The molecule has 2 aromatic rings. The van der Waals surface area contributed by atoms with E-state index in [-0.39, 0.29) is 28.5 Å². The maximum absolute atomic E-state index is 10.8. The lowest BCUT2D eigenvalue weighted by atomic mass is 10.0. The molecule has 0 radical (unpaired) electrons. The van der Waals surface area contributed by atoms with Gasteiger partial charge >= 0.3 is 0 Å². The molecule has 12 heteroatoms. The predicted octanol–water partition coefficient (Wildman–Crippen LogP) is 2.05. The number of aliphatic hydroxyl groups excluding tert-OH is 2. The number of rotatable bonds is 6. The van der Waals surface area contributed by atoms with Crippen LogP contribution in [0.5, 0.6) is 0 Å². The molecule has 0 saturated heterocycles. The standard InChI is InChI=1S/C15H21ClN5O3PS2/c1-3-24-25(2,26)27-5-15-4-7(15)9(10(22)11(15)23)21-6-18-8-12(17)19-14(16)20-13(8)21/h6-7,9-11,22-23H,3-5H2,1-2H3,(H2,17,19,20)/t7-,9-,10+,11+,15-,25?/m1/s1. The quantitative estimate of drug-likeness (QED) is 0.449. The number of halogens is 1.